The Bertz CT molecular complexity index is 588. The first-order chi connectivity index (χ1) is 11.3. The first-order valence-electron chi connectivity index (χ1n) is 7.83. The Labute approximate surface area is 149 Å². The molecule has 0 bridgehead atoms. The van der Waals surface area contributed by atoms with Gasteiger partial charge in [-0.2, -0.15) is 0 Å². The molecule has 0 spiro atoms. The summed E-state index contributed by atoms with van der Waals surface area (Å²) in [5.74, 6) is 0.516. The van der Waals surface area contributed by atoms with E-state index in [-0.39, 0.29) is 11.5 Å². The minimum absolute atomic E-state index is 0.110. The van der Waals surface area contributed by atoms with Gasteiger partial charge < -0.3 is 20.7 Å². The zero-order valence-corrected chi connectivity index (χ0v) is 15.8. The number of rotatable bonds is 7. The molecule has 0 radical (unpaired) electrons. The van der Waals surface area contributed by atoms with Crippen molar-refractivity contribution in [1.82, 2.24) is 10.6 Å². The summed E-state index contributed by atoms with van der Waals surface area (Å²) < 4.78 is 5.34. The highest BCUT2D eigenvalue weighted by Crippen LogP contribution is 2.22. The Balaban J connectivity index is 2.38. The quantitative estimate of drug-likeness (QED) is 0.519. The third-order valence-electron chi connectivity index (χ3n) is 3.50. The standard InChI is InChI=1S/C17H27ClN4O2/c1-12-6-7-14(13(18)10-12)22-15(23)8-9-20-16(19-4)21-11-17(2,3)24-5/h6-7,10H,8-9,11H2,1-5H3,(H,22,23)(H2,19,20,21). The molecule has 0 aliphatic heterocycles. The van der Waals surface area contributed by atoms with Crippen molar-refractivity contribution in [1.29, 1.82) is 0 Å². The molecule has 0 saturated heterocycles. The number of hydrogen-bond donors (Lipinski definition) is 3. The number of methoxy groups -OCH3 is 1. The number of aryl methyl sites for hydroxylation is 1. The number of ether oxygens (including phenoxy) is 1. The van der Waals surface area contributed by atoms with Crippen molar-refractivity contribution < 1.29 is 9.53 Å². The van der Waals surface area contributed by atoms with Crippen LogP contribution in [0.4, 0.5) is 5.69 Å². The van der Waals surface area contributed by atoms with Crippen LogP contribution in [0.25, 0.3) is 0 Å². The van der Waals surface area contributed by atoms with Gasteiger partial charge in [0.25, 0.3) is 0 Å². The number of benzene rings is 1. The fourth-order valence-corrected chi connectivity index (χ4v) is 2.10. The van der Waals surface area contributed by atoms with E-state index in [1.165, 1.54) is 0 Å². The van der Waals surface area contributed by atoms with Gasteiger partial charge in [0.1, 0.15) is 0 Å². The third kappa shape index (κ3) is 7.19. The Morgan fingerprint density at radius 2 is 2.04 bits per heavy atom. The van der Waals surface area contributed by atoms with E-state index < -0.39 is 0 Å². The van der Waals surface area contributed by atoms with Crippen LogP contribution in [0.2, 0.25) is 5.02 Å². The molecule has 1 aromatic carbocycles. The summed E-state index contributed by atoms with van der Waals surface area (Å²) in [5, 5.41) is 9.60. The summed E-state index contributed by atoms with van der Waals surface area (Å²) in [4.78, 5) is 16.1. The van der Waals surface area contributed by atoms with Crippen molar-refractivity contribution in [3.63, 3.8) is 0 Å². The maximum absolute atomic E-state index is 12.0. The van der Waals surface area contributed by atoms with Crippen molar-refractivity contribution in [2.75, 3.05) is 32.6 Å². The first-order valence-corrected chi connectivity index (χ1v) is 8.21. The van der Waals surface area contributed by atoms with Gasteiger partial charge >= 0.3 is 0 Å². The summed E-state index contributed by atoms with van der Waals surface area (Å²) in [5.41, 5.74) is 1.38. The lowest BCUT2D eigenvalue weighted by Crippen LogP contribution is -2.45. The van der Waals surface area contributed by atoms with Crippen LogP contribution in [-0.4, -0.2) is 44.7 Å². The van der Waals surface area contributed by atoms with Gasteiger partial charge in [0.15, 0.2) is 5.96 Å². The maximum atomic E-state index is 12.0. The lowest BCUT2D eigenvalue weighted by atomic mass is 10.1. The van der Waals surface area contributed by atoms with Crippen LogP contribution >= 0.6 is 11.6 Å². The lowest BCUT2D eigenvalue weighted by Gasteiger charge is -2.24. The minimum atomic E-state index is -0.294. The predicted molar refractivity (Wildman–Crippen MR) is 99.9 cm³/mol. The molecule has 7 heteroatoms. The maximum Gasteiger partial charge on any atom is 0.226 e. The van der Waals surface area contributed by atoms with E-state index in [9.17, 15) is 4.79 Å². The third-order valence-corrected chi connectivity index (χ3v) is 3.81. The fourth-order valence-electron chi connectivity index (χ4n) is 1.82. The van der Waals surface area contributed by atoms with E-state index in [4.69, 9.17) is 16.3 Å². The van der Waals surface area contributed by atoms with E-state index in [2.05, 4.69) is 20.9 Å². The molecule has 134 valence electrons. The molecule has 0 fully saturated rings. The van der Waals surface area contributed by atoms with Crippen molar-refractivity contribution >= 4 is 29.2 Å². The number of hydrogen-bond acceptors (Lipinski definition) is 3. The van der Waals surface area contributed by atoms with Gasteiger partial charge in [-0.15, -0.1) is 0 Å². The molecule has 24 heavy (non-hydrogen) atoms. The topological polar surface area (TPSA) is 74.8 Å². The molecule has 1 aromatic rings. The average Bonchev–Trinajstić information content (AvgIpc) is 2.53. The molecule has 6 nitrogen and oxygen atoms in total. The molecule has 0 unspecified atom stereocenters. The summed E-state index contributed by atoms with van der Waals surface area (Å²) >= 11 is 6.11. The molecule has 0 aromatic heterocycles. The summed E-state index contributed by atoms with van der Waals surface area (Å²) in [7, 11) is 3.35. The van der Waals surface area contributed by atoms with Gasteiger partial charge in [0, 0.05) is 33.7 Å². The normalized spacial score (nSPS) is 12.0. The van der Waals surface area contributed by atoms with Gasteiger partial charge in [0.2, 0.25) is 5.91 Å². The van der Waals surface area contributed by atoms with Crippen LogP contribution in [0.3, 0.4) is 0 Å². The van der Waals surface area contributed by atoms with Crippen molar-refractivity contribution in [3.8, 4) is 0 Å². The number of halogens is 1. The number of carbonyl (C=O) groups excluding carboxylic acids is 1. The van der Waals surface area contributed by atoms with Gasteiger partial charge in [0.05, 0.1) is 16.3 Å². The van der Waals surface area contributed by atoms with Crippen LogP contribution in [0.5, 0.6) is 0 Å². The Hall–Kier alpha value is -1.79. The van der Waals surface area contributed by atoms with E-state index >= 15 is 0 Å². The van der Waals surface area contributed by atoms with Crippen LogP contribution in [0, 0.1) is 6.92 Å². The summed E-state index contributed by atoms with van der Waals surface area (Å²) in [6.45, 7) is 6.97. The van der Waals surface area contributed by atoms with Crippen LogP contribution in [-0.2, 0) is 9.53 Å². The van der Waals surface area contributed by atoms with Gasteiger partial charge in [-0.3, -0.25) is 9.79 Å². The molecule has 3 N–H and O–H groups in total. The molecule has 0 aliphatic carbocycles. The number of nitrogens with zero attached hydrogens (tertiary/aromatic N) is 1. The smallest absolute Gasteiger partial charge is 0.226 e. The van der Waals surface area contributed by atoms with Crippen LogP contribution in [0.15, 0.2) is 23.2 Å². The lowest BCUT2D eigenvalue weighted by molar-refractivity contribution is -0.116. The Morgan fingerprint density at radius 1 is 1.33 bits per heavy atom. The highest BCUT2D eigenvalue weighted by atomic mass is 35.5. The molecule has 0 saturated carbocycles. The van der Waals surface area contributed by atoms with Crippen molar-refractivity contribution in [3.05, 3.63) is 28.8 Å². The van der Waals surface area contributed by atoms with E-state index in [0.717, 1.165) is 5.56 Å². The number of aliphatic imine (C=N–C) groups is 1. The molecular weight excluding hydrogens is 328 g/mol. The number of carbonyl (C=O) groups is 1. The minimum Gasteiger partial charge on any atom is -0.377 e. The van der Waals surface area contributed by atoms with Crippen LogP contribution < -0.4 is 16.0 Å². The monoisotopic (exact) mass is 354 g/mol. The SMILES string of the molecule is CN=C(NCCC(=O)Nc1ccc(C)cc1Cl)NCC(C)(C)OC. The summed E-state index contributed by atoms with van der Waals surface area (Å²) in [6, 6.07) is 5.53. The second kappa shape index (κ2) is 9.49. The summed E-state index contributed by atoms with van der Waals surface area (Å²) in [6.07, 6.45) is 0.304. The van der Waals surface area contributed by atoms with Crippen LogP contribution in [0.1, 0.15) is 25.8 Å². The number of amides is 1. The largest absolute Gasteiger partial charge is 0.377 e. The second-order valence-electron chi connectivity index (χ2n) is 6.10. The van der Waals surface area contributed by atoms with E-state index in [0.29, 0.717) is 36.2 Å². The first kappa shape index (κ1) is 20.3. The highest BCUT2D eigenvalue weighted by molar-refractivity contribution is 6.33. The van der Waals surface area contributed by atoms with Crippen molar-refractivity contribution in [2.24, 2.45) is 4.99 Å². The molecular formula is C17H27ClN4O2. The second-order valence-corrected chi connectivity index (χ2v) is 6.51. The molecule has 1 rings (SSSR count). The van der Waals surface area contributed by atoms with Gasteiger partial charge in [-0.1, -0.05) is 17.7 Å². The van der Waals surface area contributed by atoms with E-state index in [1.807, 2.05) is 32.9 Å². The molecule has 0 aliphatic rings. The number of nitrogens with one attached hydrogen (secondary N) is 3. The highest BCUT2D eigenvalue weighted by Gasteiger charge is 2.16. The number of anilines is 1. The average molecular weight is 355 g/mol. The Morgan fingerprint density at radius 3 is 2.62 bits per heavy atom. The molecule has 0 atom stereocenters. The zero-order valence-electron chi connectivity index (χ0n) is 15.0. The van der Waals surface area contributed by atoms with E-state index in [1.54, 1.807) is 20.2 Å². The zero-order chi connectivity index (χ0) is 18.2. The number of guanidine groups is 1. The fraction of sp³-hybridized carbons (Fsp3) is 0.529. The Kier molecular flexibility index (Phi) is 8.01. The molecule has 0 heterocycles. The van der Waals surface area contributed by atoms with Gasteiger partial charge in [-0.25, -0.2) is 0 Å². The van der Waals surface area contributed by atoms with Crippen molar-refractivity contribution in [2.45, 2.75) is 32.8 Å². The molecule has 1 amide bonds. The predicted octanol–water partition coefficient (Wildman–Crippen LogP) is 2.57. The van der Waals surface area contributed by atoms with Gasteiger partial charge in [-0.05, 0) is 38.5 Å².